The fourth-order valence-electron chi connectivity index (χ4n) is 2.04. The maximum atomic E-state index is 13.1. The number of morpholine rings is 1. The molecule has 0 aliphatic carbocycles. The van der Waals surface area contributed by atoms with Gasteiger partial charge in [0.15, 0.2) is 0 Å². The summed E-state index contributed by atoms with van der Waals surface area (Å²) in [6, 6.07) is 1.20. The molecule has 0 radical (unpaired) electrons. The van der Waals surface area contributed by atoms with Gasteiger partial charge in [-0.1, -0.05) is 0 Å². The average molecular weight is 268 g/mol. The van der Waals surface area contributed by atoms with Crippen LogP contribution in [0.5, 0.6) is 0 Å². The molecule has 6 heteroatoms. The summed E-state index contributed by atoms with van der Waals surface area (Å²) in [5.41, 5.74) is 0.271. The Kier molecular flexibility index (Phi) is 4.81. The summed E-state index contributed by atoms with van der Waals surface area (Å²) in [4.78, 5) is 17.6. The number of amides is 1. The lowest BCUT2D eigenvalue weighted by atomic mass is 10.2. The molecule has 0 spiro atoms. The molecule has 0 bridgehead atoms. The number of pyridine rings is 1. The van der Waals surface area contributed by atoms with Crippen molar-refractivity contribution < 1.29 is 18.7 Å². The zero-order chi connectivity index (χ0) is 13.7. The van der Waals surface area contributed by atoms with Gasteiger partial charge in [0.25, 0.3) is 5.91 Å². The zero-order valence-corrected chi connectivity index (χ0v) is 10.8. The van der Waals surface area contributed by atoms with E-state index < -0.39 is 5.82 Å². The molecule has 19 heavy (non-hydrogen) atoms. The Morgan fingerprint density at radius 2 is 2.47 bits per heavy atom. The summed E-state index contributed by atoms with van der Waals surface area (Å²) in [6.07, 6.45) is 3.17. The van der Waals surface area contributed by atoms with Crippen molar-refractivity contribution in [1.82, 2.24) is 9.88 Å². The molecule has 1 aliphatic rings. The second kappa shape index (κ2) is 6.58. The van der Waals surface area contributed by atoms with Gasteiger partial charge in [0.2, 0.25) is 0 Å². The van der Waals surface area contributed by atoms with Crippen LogP contribution in [-0.4, -0.2) is 55.3 Å². The number of nitrogens with zero attached hydrogens (tertiary/aromatic N) is 2. The minimum Gasteiger partial charge on any atom is -0.385 e. The van der Waals surface area contributed by atoms with E-state index in [1.54, 1.807) is 12.0 Å². The number of hydrogen-bond donors (Lipinski definition) is 0. The predicted molar refractivity (Wildman–Crippen MR) is 66.3 cm³/mol. The van der Waals surface area contributed by atoms with Crippen LogP contribution in [-0.2, 0) is 9.47 Å². The van der Waals surface area contributed by atoms with Gasteiger partial charge in [0.05, 0.1) is 24.5 Å². The van der Waals surface area contributed by atoms with E-state index in [-0.39, 0.29) is 17.6 Å². The summed E-state index contributed by atoms with van der Waals surface area (Å²) >= 11 is 0. The first-order valence-corrected chi connectivity index (χ1v) is 6.21. The van der Waals surface area contributed by atoms with E-state index in [2.05, 4.69) is 4.98 Å². The van der Waals surface area contributed by atoms with Crippen LogP contribution >= 0.6 is 0 Å². The Morgan fingerprint density at radius 3 is 3.21 bits per heavy atom. The Morgan fingerprint density at radius 1 is 1.63 bits per heavy atom. The van der Waals surface area contributed by atoms with Crippen LogP contribution in [0.15, 0.2) is 18.5 Å². The molecule has 5 nitrogen and oxygen atoms in total. The third-order valence-electron chi connectivity index (χ3n) is 3.02. The fraction of sp³-hybridized carbons (Fsp3) is 0.538. The van der Waals surface area contributed by atoms with Crippen molar-refractivity contribution in [2.45, 2.75) is 12.5 Å². The normalized spacial score (nSPS) is 19.5. The second-order valence-electron chi connectivity index (χ2n) is 4.42. The number of halogens is 1. The van der Waals surface area contributed by atoms with Gasteiger partial charge in [-0.3, -0.25) is 9.78 Å². The van der Waals surface area contributed by atoms with Crippen molar-refractivity contribution in [1.29, 1.82) is 0 Å². The number of carbonyl (C=O) groups is 1. The largest absolute Gasteiger partial charge is 0.385 e. The van der Waals surface area contributed by atoms with Gasteiger partial charge in [-0.15, -0.1) is 0 Å². The number of aromatic nitrogens is 1. The van der Waals surface area contributed by atoms with E-state index in [9.17, 15) is 9.18 Å². The number of ether oxygens (including phenoxy) is 2. The van der Waals surface area contributed by atoms with Crippen LogP contribution < -0.4 is 0 Å². The Labute approximate surface area is 111 Å². The molecule has 1 saturated heterocycles. The summed E-state index contributed by atoms with van der Waals surface area (Å²) in [5.74, 6) is -0.715. The Hall–Kier alpha value is -1.53. The lowest BCUT2D eigenvalue weighted by Crippen LogP contribution is -2.46. The van der Waals surface area contributed by atoms with Gasteiger partial charge in [0, 0.05) is 33.0 Å². The number of rotatable bonds is 4. The standard InChI is InChI=1S/C13H17FN2O3/c1-18-4-2-12-9-16(3-5-19-12)13(17)10-6-11(14)8-15-7-10/h6-8,12H,2-5,9H2,1H3/t12-/m1/s1. The van der Waals surface area contributed by atoms with E-state index in [0.29, 0.717) is 26.3 Å². The molecule has 2 heterocycles. The van der Waals surface area contributed by atoms with Crippen LogP contribution in [0.25, 0.3) is 0 Å². The summed E-state index contributed by atoms with van der Waals surface area (Å²) < 4.78 is 23.6. The van der Waals surface area contributed by atoms with E-state index in [1.165, 1.54) is 12.3 Å². The van der Waals surface area contributed by atoms with E-state index in [0.717, 1.165) is 12.6 Å². The maximum Gasteiger partial charge on any atom is 0.255 e. The lowest BCUT2D eigenvalue weighted by molar-refractivity contribution is -0.0333. The first kappa shape index (κ1) is 13.9. The van der Waals surface area contributed by atoms with Crippen molar-refractivity contribution >= 4 is 5.91 Å². The van der Waals surface area contributed by atoms with Crippen molar-refractivity contribution in [3.05, 3.63) is 29.8 Å². The molecular formula is C13H17FN2O3. The molecule has 0 aromatic carbocycles. The molecule has 1 aromatic rings. The third-order valence-corrected chi connectivity index (χ3v) is 3.02. The van der Waals surface area contributed by atoms with Crippen LogP contribution in [0.3, 0.4) is 0 Å². The van der Waals surface area contributed by atoms with Gasteiger partial charge in [0.1, 0.15) is 5.82 Å². The highest BCUT2D eigenvalue weighted by Crippen LogP contribution is 2.13. The summed E-state index contributed by atoms with van der Waals surface area (Å²) in [7, 11) is 1.63. The van der Waals surface area contributed by atoms with E-state index in [4.69, 9.17) is 9.47 Å². The first-order chi connectivity index (χ1) is 9.20. The van der Waals surface area contributed by atoms with Gasteiger partial charge in [-0.05, 0) is 12.5 Å². The third kappa shape index (κ3) is 3.71. The minimum atomic E-state index is -0.505. The molecule has 2 rings (SSSR count). The van der Waals surface area contributed by atoms with Crippen LogP contribution in [0, 0.1) is 5.82 Å². The average Bonchev–Trinajstić information content (AvgIpc) is 2.44. The quantitative estimate of drug-likeness (QED) is 0.820. The molecule has 0 unspecified atom stereocenters. The van der Waals surface area contributed by atoms with Crippen LogP contribution in [0.2, 0.25) is 0 Å². The van der Waals surface area contributed by atoms with E-state index in [1.807, 2.05) is 0 Å². The SMILES string of the molecule is COCC[C@@H]1CN(C(=O)c2cncc(F)c2)CCO1. The predicted octanol–water partition coefficient (Wildman–Crippen LogP) is 1.10. The Bertz CT molecular complexity index is 442. The first-order valence-electron chi connectivity index (χ1n) is 6.21. The highest BCUT2D eigenvalue weighted by molar-refractivity contribution is 5.94. The van der Waals surface area contributed by atoms with Crippen molar-refractivity contribution in [3.63, 3.8) is 0 Å². The summed E-state index contributed by atoms with van der Waals surface area (Å²) in [6.45, 7) is 2.09. The minimum absolute atomic E-state index is 0.0285. The highest BCUT2D eigenvalue weighted by Gasteiger charge is 2.25. The molecule has 1 aliphatic heterocycles. The lowest BCUT2D eigenvalue weighted by Gasteiger charge is -2.32. The number of hydrogen-bond acceptors (Lipinski definition) is 4. The van der Waals surface area contributed by atoms with Crippen molar-refractivity contribution in [2.24, 2.45) is 0 Å². The molecule has 0 saturated carbocycles. The second-order valence-corrected chi connectivity index (χ2v) is 4.42. The smallest absolute Gasteiger partial charge is 0.255 e. The number of carbonyl (C=O) groups excluding carboxylic acids is 1. The van der Waals surface area contributed by atoms with Crippen LogP contribution in [0.1, 0.15) is 16.8 Å². The van der Waals surface area contributed by atoms with Gasteiger partial charge < -0.3 is 14.4 Å². The number of methoxy groups -OCH3 is 1. The van der Waals surface area contributed by atoms with Crippen molar-refractivity contribution in [3.8, 4) is 0 Å². The summed E-state index contributed by atoms with van der Waals surface area (Å²) in [5, 5.41) is 0. The molecule has 1 fully saturated rings. The Balaban J connectivity index is 1.99. The maximum absolute atomic E-state index is 13.1. The van der Waals surface area contributed by atoms with Gasteiger partial charge >= 0.3 is 0 Å². The van der Waals surface area contributed by atoms with E-state index >= 15 is 0 Å². The molecular weight excluding hydrogens is 251 g/mol. The highest BCUT2D eigenvalue weighted by atomic mass is 19.1. The molecule has 1 amide bonds. The van der Waals surface area contributed by atoms with Gasteiger partial charge in [-0.25, -0.2) is 4.39 Å². The van der Waals surface area contributed by atoms with Crippen LogP contribution in [0.4, 0.5) is 4.39 Å². The fourth-order valence-corrected chi connectivity index (χ4v) is 2.04. The van der Waals surface area contributed by atoms with Gasteiger partial charge in [-0.2, -0.15) is 0 Å². The molecule has 1 aromatic heterocycles. The zero-order valence-electron chi connectivity index (χ0n) is 10.8. The molecule has 0 N–H and O–H groups in total. The topological polar surface area (TPSA) is 51.7 Å². The molecule has 1 atom stereocenters. The molecule has 104 valence electrons. The van der Waals surface area contributed by atoms with Crippen molar-refractivity contribution in [2.75, 3.05) is 33.4 Å². The monoisotopic (exact) mass is 268 g/mol.